The van der Waals surface area contributed by atoms with Gasteiger partial charge >= 0.3 is 0 Å². The normalized spacial score (nSPS) is 12.1. The summed E-state index contributed by atoms with van der Waals surface area (Å²) in [5, 5.41) is 4.27. The summed E-state index contributed by atoms with van der Waals surface area (Å²) in [6.45, 7) is 4.35. The molecule has 0 fully saturated rings. The molecular formula is C20H19P. The van der Waals surface area contributed by atoms with Crippen molar-refractivity contribution in [2.75, 3.05) is 0 Å². The van der Waals surface area contributed by atoms with Gasteiger partial charge in [-0.3, -0.25) is 0 Å². The average Bonchev–Trinajstić information content (AvgIpc) is 2.52. The van der Waals surface area contributed by atoms with Crippen molar-refractivity contribution in [3.63, 3.8) is 0 Å². The van der Waals surface area contributed by atoms with Gasteiger partial charge in [-0.05, 0) is 43.2 Å². The first-order valence-corrected chi connectivity index (χ1v) is 8.57. The lowest BCUT2D eigenvalue weighted by Crippen LogP contribution is -2.22. The molecule has 0 aliphatic heterocycles. The van der Waals surface area contributed by atoms with E-state index < -0.39 is 7.92 Å². The molecule has 0 bridgehead atoms. The molecule has 0 spiro atoms. The summed E-state index contributed by atoms with van der Waals surface area (Å²) >= 11 is 0. The highest BCUT2D eigenvalue weighted by atomic mass is 31.1. The van der Waals surface area contributed by atoms with E-state index in [-0.39, 0.29) is 0 Å². The third-order valence-electron chi connectivity index (χ3n) is 3.66. The largest absolute Gasteiger partial charge is 0.0622 e. The monoisotopic (exact) mass is 290 g/mol. The van der Waals surface area contributed by atoms with Gasteiger partial charge in [0.25, 0.3) is 0 Å². The highest BCUT2D eigenvalue weighted by Crippen LogP contribution is 2.33. The maximum absolute atomic E-state index is 2.28. The van der Waals surface area contributed by atoms with Gasteiger partial charge in [0.15, 0.2) is 0 Å². The second-order valence-corrected chi connectivity index (χ2v) is 7.48. The third-order valence-corrected chi connectivity index (χ3v) is 6.28. The van der Waals surface area contributed by atoms with Crippen molar-refractivity contribution in [2.24, 2.45) is 0 Å². The molecule has 0 nitrogen and oxygen atoms in total. The van der Waals surface area contributed by atoms with E-state index in [1.165, 1.54) is 27.0 Å². The number of benzene rings is 3. The molecule has 3 aromatic carbocycles. The van der Waals surface area contributed by atoms with Gasteiger partial charge in [-0.1, -0.05) is 84.4 Å². The second-order valence-electron chi connectivity index (χ2n) is 5.29. The maximum atomic E-state index is 2.28. The van der Waals surface area contributed by atoms with Crippen molar-refractivity contribution >= 4 is 23.8 Å². The van der Waals surface area contributed by atoms with Crippen LogP contribution in [-0.2, 0) is 0 Å². The summed E-state index contributed by atoms with van der Waals surface area (Å²) in [6.07, 6.45) is 0. The highest BCUT2D eigenvalue weighted by Gasteiger charge is 2.17. The molecule has 0 aromatic heterocycles. The summed E-state index contributed by atoms with van der Waals surface area (Å²) in [7, 11) is -0.479. The van der Waals surface area contributed by atoms with E-state index >= 15 is 0 Å². The zero-order chi connectivity index (χ0) is 14.7. The van der Waals surface area contributed by atoms with Crippen molar-refractivity contribution in [1.82, 2.24) is 0 Å². The molecule has 104 valence electrons. The zero-order valence-corrected chi connectivity index (χ0v) is 13.3. The van der Waals surface area contributed by atoms with Gasteiger partial charge < -0.3 is 0 Å². The Bertz CT molecular complexity index is 714. The van der Waals surface area contributed by atoms with E-state index in [4.69, 9.17) is 0 Å². The molecule has 1 unspecified atom stereocenters. The van der Waals surface area contributed by atoms with Gasteiger partial charge in [-0.15, -0.1) is 0 Å². The van der Waals surface area contributed by atoms with Gasteiger partial charge in [-0.2, -0.15) is 0 Å². The topological polar surface area (TPSA) is 0 Å². The van der Waals surface area contributed by atoms with Crippen LogP contribution in [0, 0.1) is 13.8 Å². The van der Waals surface area contributed by atoms with E-state index in [0.717, 1.165) is 0 Å². The van der Waals surface area contributed by atoms with Crippen molar-refractivity contribution in [2.45, 2.75) is 13.8 Å². The van der Waals surface area contributed by atoms with E-state index in [0.29, 0.717) is 0 Å². The van der Waals surface area contributed by atoms with Gasteiger partial charge in [0.05, 0.1) is 0 Å². The number of hydrogen-bond acceptors (Lipinski definition) is 0. The Labute approximate surface area is 128 Å². The summed E-state index contributed by atoms with van der Waals surface area (Å²) in [6, 6.07) is 28.6. The standard InChI is InChI=1S/C20H19P/c1-16-12-14-19(15-13-16)21(18-9-4-3-5-10-18)20-11-7-6-8-17(20)2/h3-15H,1-2H3. The Balaban J connectivity index is 2.16. The molecule has 3 rings (SSSR count). The van der Waals surface area contributed by atoms with Crippen LogP contribution in [0.15, 0.2) is 78.9 Å². The highest BCUT2D eigenvalue weighted by molar-refractivity contribution is 7.79. The SMILES string of the molecule is Cc1ccc(P(c2ccccc2)c2ccccc2C)cc1. The fourth-order valence-electron chi connectivity index (χ4n) is 2.51. The number of aryl methyl sites for hydroxylation is 2. The first-order chi connectivity index (χ1) is 10.3. The van der Waals surface area contributed by atoms with Crippen LogP contribution in [0.1, 0.15) is 11.1 Å². The van der Waals surface area contributed by atoms with E-state index in [2.05, 4.69) is 92.7 Å². The summed E-state index contributed by atoms with van der Waals surface area (Å²) in [5.74, 6) is 0. The zero-order valence-electron chi connectivity index (χ0n) is 12.5. The fraction of sp³-hybridized carbons (Fsp3) is 0.100. The molecule has 1 atom stereocenters. The fourth-order valence-corrected chi connectivity index (χ4v) is 4.95. The first kappa shape index (κ1) is 14.0. The maximum Gasteiger partial charge on any atom is -0.0122 e. The van der Waals surface area contributed by atoms with Gasteiger partial charge in [0.2, 0.25) is 0 Å². The lowest BCUT2D eigenvalue weighted by atomic mass is 10.2. The van der Waals surface area contributed by atoms with Crippen LogP contribution in [0.2, 0.25) is 0 Å². The molecule has 0 radical (unpaired) electrons. The molecule has 3 aromatic rings. The Kier molecular flexibility index (Phi) is 4.18. The van der Waals surface area contributed by atoms with Crippen LogP contribution in [0.4, 0.5) is 0 Å². The van der Waals surface area contributed by atoms with Crippen LogP contribution in [0.5, 0.6) is 0 Å². The summed E-state index contributed by atoms with van der Waals surface area (Å²) < 4.78 is 0. The lowest BCUT2D eigenvalue weighted by molar-refractivity contribution is 1.49. The van der Waals surface area contributed by atoms with Gasteiger partial charge in [0, 0.05) is 0 Å². The minimum atomic E-state index is -0.479. The van der Waals surface area contributed by atoms with E-state index in [1.807, 2.05) is 0 Å². The molecule has 0 heterocycles. The average molecular weight is 290 g/mol. The van der Waals surface area contributed by atoms with Crippen LogP contribution < -0.4 is 15.9 Å². The van der Waals surface area contributed by atoms with E-state index in [1.54, 1.807) is 0 Å². The Morgan fingerprint density at radius 1 is 0.571 bits per heavy atom. The predicted octanol–water partition coefficient (Wildman–Crippen LogP) is 4.06. The number of rotatable bonds is 3. The second kappa shape index (κ2) is 6.24. The minimum Gasteiger partial charge on any atom is -0.0622 e. The quantitative estimate of drug-likeness (QED) is 0.638. The van der Waals surface area contributed by atoms with E-state index in [9.17, 15) is 0 Å². The van der Waals surface area contributed by atoms with Crippen LogP contribution in [-0.4, -0.2) is 0 Å². The first-order valence-electron chi connectivity index (χ1n) is 7.23. The lowest BCUT2D eigenvalue weighted by Gasteiger charge is -2.21. The Morgan fingerprint density at radius 2 is 1.14 bits per heavy atom. The van der Waals surface area contributed by atoms with Gasteiger partial charge in [0.1, 0.15) is 0 Å². The van der Waals surface area contributed by atoms with Crippen molar-refractivity contribution in [3.05, 3.63) is 90.0 Å². The predicted molar refractivity (Wildman–Crippen MR) is 94.6 cm³/mol. The Hall–Kier alpha value is -1.91. The van der Waals surface area contributed by atoms with Gasteiger partial charge in [-0.25, -0.2) is 0 Å². The minimum absolute atomic E-state index is 0.479. The van der Waals surface area contributed by atoms with Crippen LogP contribution in [0.3, 0.4) is 0 Å². The third kappa shape index (κ3) is 3.06. The summed E-state index contributed by atoms with van der Waals surface area (Å²) in [5.41, 5.74) is 2.68. The van der Waals surface area contributed by atoms with Crippen molar-refractivity contribution < 1.29 is 0 Å². The molecule has 21 heavy (non-hydrogen) atoms. The molecule has 0 aliphatic rings. The van der Waals surface area contributed by atoms with Crippen LogP contribution >= 0.6 is 7.92 Å². The molecule has 0 aliphatic carbocycles. The smallest absolute Gasteiger partial charge is 0.0122 e. The molecular weight excluding hydrogens is 271 g/mol. The molecule has 0 N–H and O–H groups in total. The van der Waals surface area contributed by atoms with Crippen molar-refractivity contribution in [3.8, 4) is 0 Å². The summed E-state index contributed by atoms with van der Waals surface area (Å²) in [4.78, 5) is 0. The molecule has 1 heteroatoms. The molecule has 0 saturated heterocycles. The van der Waals surface area contributed by atoms with Crippen LogP contribution in [0.25, 0.3) is 0 Å². The molecule has 0 amide bonds. The van der Waals surface area contributed by atoms with Crippen molar-refractivity contribution in [1.29, 1.82) is 0 Å². The molecule has 0 saturated carbocycles. The Morgan fingerprint density at radius 3 is 1.81 bits per heavy atom. The number of hydrogen-bond donors (Lipinski definition) is 0.